The van der Waals surface area contributed by atoms with Crippen LogP contribution in [0.4, 0.5) is 0 Å². The van der Waals surface area contributed by atoms with Crippen molar-refractivity contribution in [2.24, 2.45) is 0 Å². The average Bonchev–Trinajstić information content (AvgIpc) is 2.80. The SMILES string of the molecule is CC(=O)c1c(C)[nH]c(C(=O)COC(=O)c2ccncc2)c1C. The zero-order chi connectivity index (χ0) is 16.3. The van der Waals surface area contributed by atoms with Crippen LogP contribution in [-0.4, -0.2) is 34.1 Å². The lowest BCUT2D eigenvalue weighted by molar-refractivity contribution is 0.0473. The zero-order valence-corrected chi connectivity index (χ0v) is 12.6. The second-order valence-electron chi connectivity index (χ2n) is 4.92. The van der Waals surface area contributed by atoms with Gasteiger partial charge in [0.2, 0.25) is 5.78 Å². The fourth-order valence-electron chi connectivity index (χ4n) is 2.33. The van der Waals surface area contributed by atoms with E-state index in [2.05, 4.69) is 9.97 Å². The Kier molecular flexibility index (Phi) is 4.50. The first kappa shape index (κ1) is 15.6. The van der Waals surface area contributed by atoms with Crippen molar-refractivity contribution in [3.63, 3.8) is 0 Å². The van der Waals surface area contributed by atoms with Gasteiger partial charge >= 0.3 is 5.97 Å². The van der Waals surface area contributed by atoms with Crippen molar-refractivity contribution < 1.29 is 19.1 Å². The minimum atomic E-state index is -0.594. The molecule has 0 bridgehead atoms. The summed E-state index contributed by atoms with van der Waals surface area (Å²) in [5, 5.41) is 0. The molecule has 0 radical (unpaired) electrons. The monoisotopic (exact) mass is 300 g/mol. The summed E-state index contributed by atoms with van der Waals surface area (Å²) < 4.78 is 4.99. The number of carbonyl (C=O) groups is 3. The lowest BCUT2D eigenvalue weighted by Crippen LogP contribution is -2.15. The summed E-state index contributed by atoms with van der Waals surface area (Å²) in [6.07, 6.45) is 2.94. The first-order valence-electron chi connectivity index (χ1n) is 6.72. The molecule has 0 spiro atoms. The number of aryl methyl sites for hydroxylation is 1. The number of carbonyl (C=O) groups excluding carboxylic acids is 3. The van der Waals surface area contributed by atoms with Gasteiger partial charge in [0, 0.05) is 23.7 Å². The molecule has 0 aromatic carbocycles. The Morgan fingerprint density at radius 1 is 1.18 bits per heavy atom. The molecule has 0 fully saturated rings. The standard InChI is InChI=1S/C16H16N2O4/c1-9-14(11(3)19)10(2)18-15(9)13(20)8-22-16(21)12-4-6-17-7-5-12/h4-7,18H,8H2,1-3H3. The summed E-state index contributed by atoms with van der Waals surface area (Å²) in [6, 6.07) is 3.01. The highest BCUT2D eigenvalue weighted by atomic mass is 16.5. The van der Waals surface area contributed by atoms with E-state index in [1.807, 2.05) is 0 Å². The molecule has 22 heavy (non-hydrogen) atoms. The van der Waals surface area contributed by atoms with Gasteiger partial charge in [0.15, 0.2) is 12.4 Å². The fourth-order valence-corrected chi connectivity index (χ4v) is 2.33. The van der Waals surface area contributed by atoms with E-state index in [9.17, 15) is 14.4 Å². The van der Waals surface area contributed by atoms with Crippen LogP contribution in [0.2, 0.25) is 0 Å². The molecule has 0 saturated carbocycles. The van der Waals surface area contributed by atoms with Gasteiger partial charge < -0.3 is 9.72 Å². The second kappa shape index (κ2) is 6.34. The predicted molar refractivity (Wildman–Crippen MR) is 79.1 cm³/mol. The molecule has 0 atom stereocenters. The number of nitrogens with zero attached hydrogens (tertiary/aromatic N) is 1. The van der Waals surface area contributed by atoms with E-state index in [0.29, 0.717) is 28.1 Å². The third-order valence-corrected chi connectivity index (χ3v) is 3.32. The number of aromatic amines is 1. The van der Waals surface area contributed by atoms with Crippen LogP contribution in [0.5, 0.6) is 0 Å². The summed E-state index contributed by atoms with van der Waals surface area (Å²) in [5.41, 5.74) is 2.34. The summed E-state index contributed by atoms with van der Waals surface area (Å²) in [7, 11) is 0. The van der Waals surface area contributed by atoms with E-state index in [-0.39, 0.29) is 18.2 Å². The largest absolute Gasteiger partial charge is 0.454 e. The topological polar surface area (TPSA) is 89.1 Å². The number of H-pyrrole nitrogens is 1. The van der Waals surface area contributed by atoms with Gasteiger partial charge in [0.05, 0.1) is 11.3 Å². The van der Waals surface area contributed by atoms with Crippen LogP contribution >= 0.6 is 0 Å². The number of nitrogens with one attached hydrogen (secondary N) is 1. The molecule has 6 heteroatoms. The van der Waals surface area contributed by atoms with Crippen molar-refractivity contribution in [1.29, 1.82) is 0 Å². The number of Topliss-reactive ketones (excluding diaryl/α,β-unsaturated/α-hetero) is 2. The summed E-state index contributed by atoms with van der Waals surface area (Å²) in [5.74, 6) is -1.09. The summed E-state index contributed by atoms with van der Waals surface area (Å²) in [6.45, 7) is 4.47. The number of hydrogen-bond donors (Lipinski definition) is 1. The Hall–Kier alpha value is -2.76. The van der Waals surface area contributed by atoms with Crippen LogP contribution in [0.15, 0.2) is 24.5 Å². The van der Waals surface area contributed by atoms with Crippen LogP contribution in [0, 0.1) is 13.8 Å². The Balaban J connectivity index is 2.09. The van der Waals surface area contributed by atoms with E-state index in [1.165, 1.54) is 31.5 Å². The molecule has 1 N–H and O–H groups in total. The normalized spacial score (nSPS) is 10.3. The molecule has 2 aromatic rings. The van der Waals surface area contributed by atoms with E-state index < -0.39 is 5.97 Å². The van der Waals surface area contributed by atoms with Crippen LogP contribution in [0.1, 0.15) is 49.4 Å². The van der Waals surface area contributed by atoms with Gasteiger partial charge in [0.1, 0.15) is 0 Å². The maximum atomic E-state index is 12.2. The molecule has 0 unspecified atom stereocenters. The maximum Gasteiger partial charge on any atom is 0.338 e. The number of esters is 1. The Labute approximate surface area is 127 Å². The summed E-state index contributed by atoms with van der Waals surface area (Å²) >= 11 is 0. The number of rotatable bonds is 5. The van der Waals surface area contributed by atoms with Crippen molar-refractivity contribution in [3.05, 3.63) is 52.6 Å². The number of pyridine rings is 1. The molecule has 0 amide bonds. The highest BCUT2D eigenvalue weighted by Crippen LogP contribution is 2.19. The van der Waals surface area contributed by atoms with Crippen LogP contribution in [-0.2, 0) is 4.74 Å². The van der Waals surface area contributed by atoms with Crippen LogP contribution < -0.4 is 0 Å². The molecule has 2 aromatic heterocycles. The van der Waals surface area contributed by atoms with E-state index in [4.69, 9.17) is 4.74 Å². The second-order valence-corrected chi connectivity index (χ2v) is 4.92. The third-order valence-electron chi connectivity index (χ3n) is 3.32. The van der Waals surface area contributed by atoms with E-state index in [0.717, 1.165) is 0 Å². The number of ether oxygens (including phenoxy) is 1. The molecule has 114 valence electrons. The fraction of sp³-hybridized carbons (Fsp3) is 0.250. The molecule has 0 aliphatic rings. The first-order valence-corrected chi connectivity index (χ1v) is 6.72. The Morgan fingerprint density at radius 3 is 2.36 bits per heavy atom. The molecular formula is C16H16N2O4. The van der Waals surface area contributed by atoms with Gasteiger partial charge in [-0.1, -0.05) is 0 Å². The molecule has 6 nitrogen and oxygen atoms in total. The van der Waals surface area contributed by atoms with Gasteiger partial charge in [0.25, 0.3) is 0 Å². The van der Waals surface area contributed by atoms with E-state index in [1.54, 1.807) is 13.8 Å². The van der Waals surface area contributed by atoms with Gasteiger partial charge in [-0.05, 0) is 38.5 Å². The molecule has 0 saturated heterocycles. The molecule has 0 aliphatic carbocycles. The van der Waals surface area contributed by atoms with Crippen molar-refractivity contribution in [1.82, 2.24) is 9.97 Å². The number of ketones is 2. The average molecular weight is 300 g/mol. The predicted octanol–water partition coefficient (Wildman–Crippen LogP) is 2.27. The van der Waals surface area contributed by atoms with Gasteiger partial charge in [-0.25, -0.2) is 4.79 Å². The minimum absolute atomic E-state index is 0.112. The quantitative estimate of drug-likeness (QED) is 0.676. The first-order chi connectivity index (χ1) is 10.4. The van der Waals surface area contributed by atoms with Crippen molar-refractivity contribution in [3.8, 4) is 0 Å². The number of hydrogen-bond acceptors (Lipinski definition) is 5. The number of aromatic nitrogens is 2. The molecular weight excluding hydrogens is 284 g/mol. The molecule has 2 rings (SSSR count). The van der Waals surface area contributed by atoms with Crippen molar-refractivity contribution in [2.75, 3.05) is 6.61 Å². The van der Waals surface area contributed by atoms with Gasteiger partial charge in [-0.15, -0.1) is 0 Å². The van der Waals surface area contributed by atoms with E-state index >= 15 is 0 Å². The van der Waals surface area contributed by atoms with Crippen LogP contribution in [0.25, 0.3) is 0 Å². The van der Waals surface area contributed by atoms with Gasteiger partial charge in [-0.3, -0.25) is 14.6 Å². The molecule has 0 aliphatic heterocycles. The Bertz CT molecular complexity index is 732. The van der Waals surface area contributed by atoms with Crippen molar-refractivity contribution in [2.45, 2.75) is 20.8 Å². The third kappa shape index (κ3) is 3.11. The lowest BCUT2D eigenvalue weighted by atomic mass is 10.1. The lowest BCUT2D eigenvalue weighted by Gasteiger charge is -2.04. The van der Waals surface area contributed by atoms with Crippen LogP contribution in [0.3, 0.4) is 0 Å². The highest BCUT2D eigenvalue weighted by molar-refractivity contribution is 6.04. The smallest absolute Gasteiger partial charge is 0.338 e. The summed E-state index contributed by atoms with van der Waals surface area (Å²) in [4.78, 5) is 42.2. The maximum absolute atomic E-state index is 12.2. The molecule has 2 heterocycles. The minimum Gasteiger partial charge on any atom is -0.454 e. The van der Waals surface area contributed by atoms with Gasteiger partial charge in [-0.2, -0.15) is 0 Å². The highest BCUT2D eigenvalue weighted by Gasteiger charge is 2.20. The zero-order valence-electron chi connectivity index (χ0n) is 12.6. The Morgan fingerprint density at radius 2 is 1.82 bits per heavy atom. The van der Waals surface area contributed by atoms with Crippen molar-refractivity contribution >= 4 is 17.5 Å².